The number of hydrogen-bond acceptors (Lipinski definition) is 3. The molecular weight excluding hydrogens is 322 g/mol. The first kappa shape index (κ1) is 18.0. The Morgan fingerprint density at radius 1 is 1.04 bits per heavy atom. The molecule has 23 heavy (non-hydrogen) atoms. The molecule has 0 spiro atoms. The number of anilines is 1. The number of benzene rings is 2. The van der Waals surface area contributed by atoms with E-state index in [1.807, 2.05) is 30.5 Å². The van der Waals surface area contributed by atoms with Gasteiger partial charge in [-0.05, 0) is 68.3 Å². The first-order valence-corrected chi connectivity index (χ1v) is 9.78. The maximum Gasteiger partial charge on any atom is 0.234 e. The molecule has 122 valence electrons. The van der Waals surface area contributed by atoms with Crippen molar-refractivity contribution in [3.05, 3.63) is 52.6 Å². The van der Waals surface area contributed by atoms with Crippen LogP contribution in [0.2, 0.25) is 0 Å². The summed E-state index contributed by atoms with van der Waals surface area (Å²) < 4.78 is 0. The van der Waals surface area contributed by atoms with E-state index in [1.54, 1.807) is 23.5 Å². The van der Waals surface area contributed by atoms with Crippen LogP contribution >= 0.6 is 23.5 Å². The predicted octanol–water partition coefficient (Wildman–Crippen LogP) is 5.37. The lowest BCUT2D eigenvalue weighted by molar-refractivity contribution is -0.113. The molecule has 0 saturated heterocycles. The molecule has 0 unspecified atom stereocenters. The highest BCUT2D eigenvalue weighted by atomic mass is 32.2. The molecule has 2 nitrogen and oxygen atoms in total. The van der Waals surface area contributed by atoms with Crippen LogP contribution in [0.5, 0.6) is 0 Å². The van der Waals surface area contributed by atoms with Gasteiger partial charge in [-0.3, -0.25) is 4.79 Å². The van der Waals surface area contributed by atoms with E-state index < -0.39 is 0 Å². The van der Waals surface area contributed by atoms with Crippen LogP contribution in [0.1, 0.15) is 22.3 Å². The van der Waals surface area contributed by atoms with Gasteiger partial charge in [-0.15, -0.1) is 23.5 Å². The molecule has 2 aromatic rings. The molecule has 0 aromatic heterocycles. The summed E-state index contributed by atoms with van der Waals surface area (Å²) in [6.07, 6.45) is 2.02. The number of amides is 1. The van der Waals surface area contributed by atoms with Crippen LogP contribution in [-0.4, -0.2) is 17.9 Å². The molecule has 0 radical (unpaired) electrons. The van der Waals surface area contributed by atoms with Crippen LogP contribution in [0.15, 0.2) is 40.1 Å². The third-order valence-electron chi connectivity index (χ3n) is 4.03. The van der Waals surface area contributed by atoms with Crippen molar-refractivity contribution in [3.8, 4) is 0 Å². The number of aryl methyl sites for hydroxylation is 2. The van der Waals surface area contributed by atoms with Crippen molar-refractivity contribution in [1.29, 1.82) is 0 Å². The fourth-order valence-electron chi connectivity index (χ4n) is 2.47. The molecule has 0 aliphatic rings. The minimum atomic E-state index is 0.0365. The summed E-state index contributed by atoms with van der Waals surface area (Å²) in [5, 5.41) is 3.02. The van der Waals surface area contributed by atoms with Crippen LogP contribution < -0.4 is 5.32 Å². The zero-order chi connectivity index (χ0) is 17.0. The second kappa shape index (κ2) is 7.93. The van der Waals surface area contributed by atoms with E-state index in [4.69, 9.17) is 0 Å². The zero-order valence-electron chi connectivity index (χ0n) is 14.3. The van der Waals surface area contributed by atoms with E-state index in [0.717, 1.165) is 10.6 Å². The molecule has 0 aliphatic heterocycles. The standard InChI is InChI=1S/C19H23NOS2/c1-12-10-13(2)15(4)19(14(12)3)23-11-18(21)20-16-8-6-7-9-17(16)22-5/h6-10H,11H2,1-5H3,(H,20,21). The summed E-state index contributed by atoms with van der Waals surface area (Å²) in [4.78, 5) is 14.6. The molecule has 0 saturated carbocycles. The number of rotatable bonds is 5. The molecule has 2 rings (SSSR count). The number of carbonyl (C=O) groups excluding carboxylic acids is 1. The van der Waals surface area contributed by atoms with Gasteiger partial charge >= 0.3 is 0 Å². The van der Waals surface area contributed by atoms with Crippen LogP contribution in [0.4, 0.5) is 5.69 Å². The fourth-order valence-corrected chi connectivity index (χ4v) is 4.13. The summed E-state index contributed by atoms with van der Waals surface area (Å²) in [5.41, 5.74) is 6.00. The van der Waals surface area contributed by atoms with Gasteiger partial charge in [0.1, 0.15) is 0 Å². The van der Waals surface area contributed by atoms with E-state index in [2.05, 4.69) is 39.1 Å². The van der Waals surface area contributed by atoms with Crippen LogP contribution in [0, 0.1) is 27.7 Å². The lowest BCUT2D eigenvalue weighted by atomic mass is 10.0. The summed E-state index contributed by atoms with van der Waals surface area (Å²) in [6, 6.07) is 10.1. The molecule has 1 amide bonds. The third kappa shape index (κ3) is 4.33. The Balaban J connectivity index is 2.08. The summed E-state index contributed by atoms with van der Waals surface area (Å²) in [7, 11) is 0. The van der Waals surface area contributed by atoms with Gasteiger partial charge < -0.3 is 5.32 Å². The van der Waals surface area contributed by atoms with E-state index in [-0.39, 0.29) is 5.91 Å². The van der Waals surface area contributed by atoms with Crippen molar-refractivity contribution in [2.45, 2.75) is 37.5 Å². The zero-order valence-corrected chi connectivity index (χ0v) is 16.0. The quantitative estimate of drug-likeness (QED) is 0.738. The van der Waals surface area contributed by atoms with Crippen molar-refractivity contribution < 1.29 is 4.79 Å². The molecule has 0 bridgehead atoms. The van der Waals surface area contributed by atoms with E-state index in [1.165, 1.54) is 27.1 Å². The Morgan fingerprint density at radius 2 is 1.65 bits per heavy atom. The molecule has 0 atom stereocenters. The summed E-state index contributed by atoms with van der Waals surface area (Å²) in [5.74, 6) is 0.460. The average molecular weight is 346 g/mol. The second-order valence-electron chi connectivity index (χ2n) is 5.63. The average Bonchev–Trinajstić information content (AvgIpc) is 2.53. The van der Waals surface area contributed by atoms with Crippen molar-refractivity contribution in [2.24, 2.45) is 0 Å². The topological polar surface area (TPSA) is 29.1 Å². The van der Waals surface area contributed by atoms with Gasteiger partial charge in [0.25, 0.3) is 0 Å². The van der Waals surface area contributed by atoms with Crippen molar-refractivity contribution in [1.82, 2.24) is 0 Å². The Hall–Kier alpha value is -1.39. The minimum Gasteiger partial charge on any atom is -0.324 e. The van der Waals surface area contributed by atoms with Crippen molar-refractivity contribution in [2.75, 3.05) is 17.3 Å². The van der Waals surface area contributed by atoms with Gasteiger partial charge in [0.05, 0.1) is 11.4 Å². The smallest absolute Gasteiger partial charge is 0.234 e. The first-order valence-electron chi connectivity index (χ1n) is 7.57. The Labute approximate surface area is 147 Å². The maximum atomic E-state index is 12.3. The first-order chi connectivity index (χ1) is 10.9. The Morgan fingerprint density at radius 3 is 2.26 bits per heavy atom. The van der Waals surface area contributed by atoms with Crippen LogP contribution in [0.25, 0.3) is 0 Å². The highest BCUT2D eigenvalue weighted by Crippen LogP contribution is 2.31. The van der Waals surface area contributed by atoms with Gasteiger partial charge in [-0.25, -0.2) is 0 Å². The minimum absolute atomic E-state index is 0.0365. The number of para-hydroxylation sites is 1. The molecule has 4 heteroatoms. The number of thioether (sulfide) groups is 2. The van der Waals surface area contributed by atoms with E-state index >= 15 is 0 Å². The lowest BCUT2D eigenvalue weighted by Crippen LogP contribution is -2.15. The van der Waals surface area contributed by atoms with Crippen molar-refractivity contribution >= 4 is 35.1 Å². The molecule has 1 N–H and O–H groups in total. The maximum absolute atomic E-state index is 12.3. The molecule has 0 heterocycles. The Kier molecular flexibility index (Phi) is 6.19. The predicted molar refractivity (Wildman–Crippen MR) is 103 cm³/mol. The summed E-state index contributed by atoms with van der Waals surface area (Å²) >= 11 is 3.26. The van der Waals surface area contributed by atoms with Crippen LogP contribution in [0.3, 0.4) is 0 Å². The SMILES string of the molecule is CSc1ccccc1NC(=O)CSc1c(C)c(C)cc(C)c1C. The molecular formula is C19H23NOS2. The number of nitrogens with one attached hydrogen (secondary N) is 1. The number of carbonyl (C=O) groups is 1. The second-order valence-corrected chi connectivity index (χ2v) is 7.46. The van der Waals surface area contributed by atoms with E-state index in [9.17, 15) is 4.79 Å². The molecule has 0 aliphatic carbocycles. The van der Waals surface area contributed by atoms with Crippen LogP contribution in [-0.2, 0) is 4.79 Å². The van der Waals surface area contributed by atoms with Gasteiger partial charge in [0, 0.05) is 9.79 Å². The summed E-state index contributed by atoms with van der Waals surface area (Å²) in [6.45, 7) is 8.51. The van der Waals surface area contributed by atoms with Crippen molar-refractivity contribution in [3.63, 3.8) is 0 Å². The monoisotopic (exact) mass is 345 g/mol. The van der Waals surface area contributed by atoms with Gasteiger partial charge in [0.2, 0.25) is 5.91 Å². The molecule has 2 aromatic carbocycles. The fraction of sp³-hybridized carbons (Fsp3) is 0.316. The highest BCUT2D eigenvalue weighted by molar-refractivity contribution is 8.00. The largest absolute Gasteiger partial charge is 0.324 e. The highest BCUT2D eigenvalue weighted by Gasteiger charge is 2.12. The third-order valence-corrected chi connectivity index (χ3v) is 6.13. The van der Waals surface area contributed by atoms with Gasteiger partial charge in [-0.1, -0.05) is 18.2 Å². The Bertz CT molecular complexity index is 699. The normalized spacial score (nSPS) is 10.7. The molecule has 0 fully saturated rings. The van der Waals surface area contributed by atoms with E-state index in [0.29, 0.717) is 5.75 Å². The lowest BCUT2D eigenvalue weighted by Gasteiger charge is -2.15. The number of hydrogen-bond donors (Lipinski definition) is 1. The van der Waals surface area contributed by atoms with Gasteiger partial charge in [0.15, 0.2) is 0 Å². The van der Waals surface area contributed by atoms with Gasteiger partial charge in [-0.2, -0.15) is 0 Å².